The van der Waals surface area contributed by atoms with E-state index in [1.807, 2.05) is 13.0 Å². The largest absolute Gasteiger partial charge is 0.469 e. The van der Waals surface area contributed by atoms with Crippen molar-refractivity contribution in [1.82, 2.24) is 0 Å². The van der Waals surface area contributed by atoms with E-state index in [9.17, 15) is 9.59 Å². The molecule has 3 atom stereocenters. The molecule has 1 aliphatic rings. The Morgan fingerprint density at radius 3 is 2.48 bits per heavy atom. The zero-order valence-corrected chi connectivity index (χ0v) is 12.3. The third-order valence-electron chi connectivity index (χ3n) is 4.42. The van der Waals surface area contributed by atoms with Crippen molar-refractivity contribution in [2.75, 3.05) is 7.11 Å². The normalized spacial score (nSPS) is 24.3. The van der Waals surface area contributed by atoms with Crippen molar-refractivity contribution in [3.05, 3.63) is 35.4 Å². The van der Waals surface area contributed by atoms with Crippen LogP contribution in [-0.4, -0.2) is 18.9 Å². The van der Waals surface area contributed by atoms with Crippen LogP contribution in [0.5, 0.6) is 0 Å². The molecule has 110 valence electrons. The molecule has 0 bridgehead atoms. The van der Waals surface area contributed by atoms with E-state index in [0.717, 1.165) is 19.3 Å². The average Bonchev–Trinajstić information content (AvgIpc) is 2.97. The van der Waals surface area contributed by atoms with Gasteiger partial charge in [-0.3, -0.25) is 9.59 Å². The van der Waals surface area contributed by atoms with Gasteiger partial charge < -0.3 is 4.74 Å². The zero-order chi connectivity index (χ0) is 15.4. The maximum atomic E-state index is 12.6. The Morgan fingerprint density at radius 1 is 1.29 bits per heavy atom. The number of carbonyl (C=O) groups excluding carboxylic acids is 2. The van der Waals surface area contributed by atoms with Gasteiger partial charge in [0.15, 0.2) is 5.78 Å². The van der Waals surface area contributed by atoms with Crippen molar-refractivity contribution >= 4 is 11.8 Å². The SMILES string of the molecule is CCC1CCC(C(=O)c2ccc(C#N)cc2)C1C(=O)OC. The minimum Gasteiger partial charge on any atom is -0.469 e. The van der Waals surface area contributed by atoms with E-state index < -0.39 is 0 Å². The van der Waals surface area contributed by atoms with Crippen molar-refractivity contribution in [3.8, 4) is 6.07 Å². The highest BCUT2D eigenvalue weighted by atomic mass is 16.5. The van der Waals surface area contributed by atoms with Gasteiger partial charge in [0.05, 0.1) is 24.7 Å². The van der Waals surface area contributed by atoms with Gasteiger partial charge in [-0.15, -0.1) is 0 Å². The molecule has 0 amide bonds. The predicted octanol–water partition coefficient (Wildman–Crippen LogP) is 2.97. The fraction of sp³-hybridized carbons (Fsp3) is 0.471. The molecule has 1 aromatic rings. The number of nitriles is 1. The molecule has 1 saturated carbocycles. The topological polar surface area (TPSA) is 67.2 Å². The molecule has 0 spiro atoms. The molecule has 3 unspecified atom stereocenters. The van der Waals surface area contributed by atoms with Crippen molar-refractivity contribution in [2.24, 2.45) is 17.8 Å². The highest BCUT2D eigenvalue weighted by molar-refractivity contribution is 6.00. The van der Waals surface area contributed by atoms with Gasteiger partial charge in [0.25, 0.3) is 0 Å². The van der Waals surface area contributed by atoms with E-state index in [0.29, 0.717) is 11.1 Å². The highest BCUT2D eigenvalue weighted by Crippen LogP contribution is 2.41. The fourth-order valence-corrected chi connectivity index (χ4v) is 3.25. The molecule has 2 rings (SSSR count). The summed E-state index contributed by atoms with van der Waals surface area (Å²) in [5.74, 6) is -0.750. The van der Waals surface area contributed by atoms with Crippen molar-refractivity contribution in [1.29, 1.82) is 5.26 Å². The second kappa shape index (κ2) is 6.53. The number of nitrogens with zero attached hydrogens (tertiary/aromatic N) is 1. The van der Waals surface area contributed by atoms with Crippen molar-refractivity contribution in [3.63, 3.8) is 0 Å². The maximum absolute atomic E-state index is 12.6. The number of esters is 1. The van der Waals surface area contributed by atoms with E-state index in [1.165, 1.54) is 7.11 Å². The molecule has 0 N–H and O–H groups in total. The standard InChI is InChI=1S/C17H19NO3/c1-3-12-8-9-14(15(12)17(20)21-2)16(19)13-6-4-11(10-18)5-7-13/h4-7,12,14-15H,3,8-9H2,1-2H3. The van der Waals surface area contributed by atoms with Crippen LogP contribution >= 0.6 is 0 Å². The number of ether oxygens (including phenoxy) is 1. The summed E-state index contributed by atoms with van der Waals surface area (Å²) in [6.45, 7) is 2.04. The van der Waals surface area contributed by atoms with Crippen molar-refractivity contribution in [2.45, 2.75) is 26.2 Å². The summed E-state index contributed by atoms with van der Waals surface area (Å²) in [5.41, 5.74) is 1.08. The summed E-state index contributed by atoms with van der Waals surface area (Å²) in [7, 11) is 1.37. The molecule has 0 heterocycles. The van der Waals surface area contributed by atoms with Gasteiger partial charge in [-0.1, -0.05) is 25.5 Å². The third kappa shape index (κ3) is 2.97. The first-order chi connectivity index (χ1) is 10.1. The molecule has 1 aliphatic carbocycles. The predicted molar refractivity (Wildman–Crippen MR) is 77.5 cm³/mol. The van der Waals surface area contributed by atoms with Crippen LogP contribution in [0.3, 0.4) is 0 Å². The Hall–Kier alpha value is -2.15. The molecule has 21 heavy (non-hydrogen) atoms. The van der Waals surface area contributed by atoms with Crippen LogP contribution in [0.2, 0.25) is 0 Å². The van der Waals surface area contributed by atoms with Gasteiger partial charge in [0.2, 0.25) is 0 Å². The van der Waals surface area contributed by atoms with E-state index in [2.05, 4.69) is 0 Å². The number of carbonyl (C=O) groups is 2. The smallest absolute Gasteiger partial charge is 0.309 e. The molecule has 1 fully saturated rings. The first-order valence-corrected chi connectivity index (χ1v) is 7.24. The minimum absolute atomic E-state index is 0.0224. The van der Waals surface area contributed by atoms with Gasteiger partial charge in [-0.05, 0) is 30.9 Å². The molecular formula is C17H19NO3. The van der Waals surface area contributed by atoms with Crippen LogP contribution in [0.25, 0.3) is 0 Å². The lowest BCUT2D eigenvalue weighted by atomic mass is 9.83. The number of methoxy groups -OCH3 is 1. The average molecular weight is 285 g/mol. The van der Waals surface area contributed by atoms with Gasteiger partial charge in [0, 0.05) is 11.5 Å². The summed E-state index contributed by atoms with van der Waals surface area (Å²) in [6, 6.07) is 8.62. The first kappa shape index (κ1) is 15.2. The summed E-state index contributed by atoms with van der Waals surface area (Å²) < 4.78 is 4.88. The van der Waals surface area contributed by atoms with Gasteiger partial charge in [0.1, 0.15) is 0 Å². The quantitative estimate of drug-likeness (QED) is 0.630. The van der Waals surface area contributed by atoms with Crippen molar-refractivity contribution < 1.29 is 14.3 Å². The van der Waals surface area contributed by atoms with Gasteiger partial charge in [-0.2, -0.15) is 5.26 Å². The first-order valence-electron chi connectivity index (χ1n) is 7.24. The van der Waals surface area contributed by atoms with Crippen LogP contribution in [-0.2, 0) is 9.53 Å². The zero-order valence-electron chi connectivity index (χ0n) is 12.3. The highest BCUT2D eigenvalue weighted by Gasteiger charge is 2.44. The lowest BCUT2D eigenvalue weighted by molar-refractivity contribution is -0.147. The van der Waals surface area contributed by atoms with Crippen LogP contribution in [0, 0.1) is 29.1 Å². The lowest BCUT2D eigenvalue weighted by Gasteiger charge is -2.21. The minimum atomic E-state index is -0.344. The number of hydrogen-bond donors (Lipinski definition) is 0. The van der Waals surface area contributed by atoms with E-state index in [4.69, 9.17) is 10.00 Å². The summed E-state index contributed by atoms with van der Waals surface area (Å²) in [5, 5.41) is 8.80. The van der Waals surface area contributed by atoms with Crippen LogP contribution in [0.15, 0.2) is 24.3 Å². The van der Waals surface area contributed by atoms with E-state index in [-0.39, 0.29) is 29.5 Å². The lowest BCUT2D eigenvalue weighted by Crippen LogP contribution is -2.30. The number of benzene rings is 1. The van der Waals surface area contributed by atoms with E-state index in [1.54, 1.807) is 24.3 Å². The number of hydrogen-bond acceptors (Lipinski definition) is 4. The Labute approximate surface area is 124 Å². The van der Waals surface area contributed by atoms with Crippen LogP contribution in [0.1, 0.15) is 42.1 Å². The fourth-order valence-electron chi connectivity index (χ4n) is 3.25. The Bertz CT molecular complexity index is 571. The molecule has 4 nitrogen and oxygen atoms in total. The molecule has 0 saturated heterocycles. The second-order valence-corrected chi connectivity index (χ2v) is 5.45. The van der Waals surface area contributed by atoms with Gasteiger partial charge >= 0.3 is 5.97 Å². The van der Waals surface area contributed by atoms with Crippen LogP contribution in [0.4, 0.5) is 0 Å². The third-order valence-corrected chi connectivity index (χ3v) is 4.42. The summed E-state index contributed by atoms with van der Waals surface area (Å²) in [6.07, 6.45) is 2.47. The Balaban J connectivity index is 2.24. The maximum Gasteiger partial charge on any atom is 0.309 e. The number of rotatable bonds is 4. The van der Waals surface area contributed by atoms with Gasteiger partial charge in [-0.25, -0.2) is 0 Å². The second-order valence-electron chi connectivity index (χ2n) is 5.45. The molecular weight excluding hydrogens is 266 g/mol. The Kier molecular flexibility index (Phi) is 4.74. The molecule has 1 aromatic carbocycles. The van der Waals surface area contributed by atoms with Crippen LogP contribution < -0.4 is 0 Å². The number of Topliss-reactive ketones (excluding diaryl/α,β-unsaturated/α-hetero) is 1. The van der Waals surface area contributed by atoms with E-state index >= 15 is 0 Å². The molecule has 4 heteroatoms. The molecule has 0 aromatic heterocycles. The summed E-state index contributed by atoms with van der Waals surface area (Å²) in [4.78, 5) is 24.7. The molecule has 0 radical (unpaired) electrons. The monoisotopic (exact) mass is 285 g/mol. The Morgan fingerprint density at radius 2 is 1.95 bits per heavy atom. The number of ketones is 1. The summed E-state index contributed by atoms with van der Waals surface area (Å²) >= 11 is 0. The molecule has 0 aliphatic heterocycles.